The lowest BCUT2D eigenvalue weighted by molar-refractivity contribution is 0.798. The minimum atomic E-state index is 0.206. The number of thiocarbonyl (C=S) groups is 1. The van der Waals surface area contributed by atoms with Crippen LogP contribution in [-0.2, 0) is 6.54 Å². The first-order valence-electron chi connectivity index (χ1n) is 5.23. The zero-order valence-corrected chi connectivity index (χ0v) is 11.9. The quantitative estimate of drug-likeness (QED) is 0.597. The van der Waals surface area contributed by atoms with Crippen LogP contribution in [-0.4, -0.2) is 9.68 Å². The smallest absolute Gasteiger partial charge is 0.182 e. The number of allylic oxidation sites excluding steroid dienone is 1. The van der Waals surface area contributed by atoms with Gasteiger partial charge >= 0.3 is 0 Å². The maximum absolute atomic E-state index is 5.34. The van der Waals surface area contributed by atoms with E-state index in [0.717, 1.165) is 9.47 Å². The normalized spacial score (nSPS) is 10.9. The second-order valence-electron chi connectivity index (χ2n) is 3.48. The van der Waals surface area contributed by atoms with Crippen LogP contribution in [0.25, 0.3) is 10.2 Å². The van der Waals surface area contributed by atoms with Crippen LogP contribution in [0.4, 0.5) is 0 Å². The molecule has 1 aromatic heterocycles. The summed E-state index contributed by atoms with van der Waals surface area (Å²) in [6.07, 6.45) is 3.69. The lowest BCUT2D eigenvalue weighted by Crippen LogP contribution is -2.37. The first-order chi connectivity index (χ1) is 8.68. The van der Waals surface area contributed by atoms with Crippen LogP contribution in [0.2, 0.25) is 0 Å². The predicted octanol–water partition coefficient (Wildman–Crippen LogP) is 2.28. The van der Waals surface area contributed by atoms with Crippen LogP contribution in [0.3, 0.4) is 0 Å². The fourth-order valence-corrected chi connectivity index (χ4v) is 2.92. The minimum absolute atomic E-state index is 0.206. The molecule has 0 aliphatic heterocycles. The molecule has 0 bridgehead atoms. The standard InChI is InChI=1S/C11H12N4S3/c12-10(16)14-13-6-3-7-15-8-4-1-2-5-9(8)18-11(15)17/h1-6,13H,7H2,(H3,12,14,16). The molecule has 4 N–H and O–H groups in total. The molecule has 18 heavy (non-hydrogen) atoms. The van der Waals surface area contributed by atoms with Crippen molar-refractivity contribution in [2.45, 2.75) is 6.54 Å². The van der Waals surface area contributed by atoms with Gasteiger partial charge in [0.05, 0.1) is 10.2 Å². The van der Waals surface area contributed by atoms with Gasteiger partial charge < -0.3 is 15.7 Å². The summed E-state index contributed by atoms with van der Waals surface area (Å²) in [5, 5.41) is 0.206. The van der Waals surface area contributed by atoms with Gasteiger partial charge in [0.2, 0.25) is 0 Å². The van der Waals surface area contributed by atoms with Crippen LogP contribution in [0.15, 0.2) is 36.5 Å². The molecule has 1 aromatic carbocycles. The Bertz CT molecular complexity index is 641. The molecule has 1 heterocycles. The fourth-order valence-electron chi connectivity index (χ4n) is 1.52. The van der Waals surface area contributed by atoms with E-state index in [0.29, 0.717) is 6.54 Å². The second-order valence-corrected chi connectivity index (χ2v) is 5.60. The molecule has 0 aliphatic rings. The molecule has 2 rings (SSSR count). The second kappa shape index (κ2) is 5.94. The maximum Gasteiger partial charge on any atom is 0.182 e. The van der Waals surface area contributed by atoms with E-state index in [2.05, 4.69) is 39.8 Å². The summed E-state index contributed by atoms with van der Waals surface area (Å²) < 4.78 is 4.14. The Hall–Kier alpha value is -1.44. The van der Waals surface area contributed by atoms with E-state index >= 15 is 0 Å². The number of nitrogens with one attached hydrogen (secondary N) is 2. The Morgan fingerprint density at radius 1 is 1.44 bits per heavy atom. The molecular formula is C11H12N4S3. The third-order valence-electron chi connectivity index (χ3n) is 2.26. The Morgan fingerprint density at radius 2 is 2.22 bits per heavy atom. The average molecular weight is 296 g/mol. The fraction of sp³-hybridized carbons (Fsp3) is 0.0909. The molecule has 0 radical (unpaired) electrons. The van der Waals surface area contributed by atoms with Gasteiger partial charge in [-0.05, 0) is 42.6 Å². The van der Waals surface area contributed by atoms with Gasteiger partial charge in [0.25, 0.3) is 0 Å². The zero-order chi connectivity index (χ0) is 13.0. The summed E-state index contributed by atoms with van der Waals surface area (Å²) >= 11 is 11.6. The van der Waals surface area contributed by atoms with Gasteiger partial charge in [0.15, 0.2) is 9.07 Å². The van der Waals surface area contributed by atoms with Gasteiger partial charge in [-0.1, -0.05) is 12.1 Å². The van der Waals surface area contributed by atoms with Crippen molar-refractivity contribution in [2.75, 3.05) is 0 Å². The molecule has 2 aromatic rings. The van der Waals surface area contributed by atoms with Crippen molar-refractivity contribution < 1.29 is 0 Å². The topological polar surface area (TPSA) is 55.0 Å². The van der Waals surface area contributed by atoms with E-state index < -0.39 is 0 Å². The number of aromatic nitrogens is 1. The SMILES string of the molecule is NC(=S)NNC=CCn1c(=S)sc2ccccc21. The van der Waals surface area contributed by atoms with E-state index in [9.17, 15) is 0 Å². The summed E-state index contributed by atoms with van der Waals surface area (Å²) in [5.74, 6) is 0. The van der Waals surface area contributed by atoms with Crippen LogP contribution in [0.5, 0.6) is 0 Å². The molecule has 0 saturated carbocycles. The van der Waals surface area contributed by atoms with Gasteiger partial charge in [0, 0.05) is 12.7 Å². The molecule has 94 valence electrons. The van der Waals surface area contributed by atoms with E-state index in [1.165, 1.54) is 4.70 Å². The molecule has 0 atom stereocenters. The first-order valence-corrected chi connectivity index (χ1v) is 6.86. The van der Waals surface area contributed by atoms with Crippen molar-refractivity contribution in [3.05, 3.63) is 40.5 Å². The van der Waals surface area contributed by atoms with Gasteiger partial charge in [-0.2, -0.15) is 0 Å². The monoisotopic (exact) mass is 296 g/mol. The lowest BCUT2D eigenvalue weighted by Gasteiger charge is -2.02. The Labute approximate surface area is 119 Å². The van der Waals surface area contributed by atoms with E-state index in [1.807, 2.05) is 18.2 Å². The molecular weight excluding hydrogens is 284 g/mol. The largest absolute Gasteiger partial charge is 0.375 e. The number of rotatable bonds is 4. The first kappa shape index (κ1) is 13.0. The van der Waals surface area contributed by atoms with Crippen molar-refractivity contribution in [1.82, 2.24) is 15.4 Å². The molecule has 0 saturated heterocycles. The number of hydrazine groups is 1. The number of hydrogen-bond acceptors (Lipinski definition) is 4. The number of thiazole rings is 1. The Morgan fingerprint density at radius 3 is 3.00 bits per heavy atom. The lowest BCUT2D eigenvalue weighted by atomic mass is 10.3. The number of fused-ring (bicyclic) bond motifs is 1. The van der Waals surface area contributed by atoms with Crippen molar-refractivity contribution in [1.29, 1.82) is 0 Å². The highest BCUT2D eigenvalue weighted by atomic mass is 32.1. The van der Waals surface area contributed by atoms with Crippen LogP contribution >= 0.6 is 35.8 Å². The highest BCUT2D eigenvalue weighted by Gasteiger charge is 2.01. The maximum atomic E-state index is 5.34. The minimum Gasteiger partial charge on any atom is -0.375 e. The predicted molar refractivity (Wildman–Crippen MR) is 82.8 cm³/mol. The molecule has 7 heteroatoms. The summed E-state index contributed by atoms with van der Waals surface area (Å²) in [5.41, 5.74) is 11.8. The van der Waals surface area contributed by atoms with E-state index in [1.54, 1.807) is 17.5 Å². The van der Waals surface area contributed by atoms with E-state index in [4.69, 9.17) is 18.0 Å². The Kier molecular flexibility index (Phi) is 4.29. The summed E-state index contributed by atoms with van der Waals surface area (Å²) in [4.78, 5) is 0. The third kappa shape index (κ3) is 3.06. The van der Waals surface area contributed by atoms with Crippen molar-refractivity contribution in [2.24, 2.45) is 5.73 Å². The molecule has 0 unspecified atom stereocenters. The highest BCUT2D eigenvalue weighted by molar-refractivity contribution is 7.80. The summed E-state index contributed by atoms with van der Waals surface area (Å²) in [6.45, 7) is 0.703. The number of benzene rings is 1. The summed E-state index contributed by atoms with van der Waals surface area (Å²) in [7, 11) is 0. The van der Waals surface area contributed by atoms with Crippen molar-refractivity contribution in [3.63, 3.8) is 0 Å². The van der Waals surface area contributed by atoms with Crippen molar-refractivity contribution >= 4 is 51.1 Å². The average Bonchev–Trinajstić information content (AvgIpc) is 2.65. The highest BCUT2D eigenvalue weighted by Crippen LogP contribution is 2.22. The van der Waals surface area contributed by atoms with Crippen molar-refractivity contribution in [3.8, 4) is 0 Å². The van der Waals surface area contributed by atoms with Crippen LogP contribution < -0.4 is 16.6 Å². The third-order valence-corrected chi connectivity index (χ3v) is 3.79. The molecule has 0 amide bonds. The number of nitrogens with zero attached hydrogens (tertiary/aromatic N) is 1. The van der Waals surface area contributed by atoms with E-state index in [-0.39, 0.29) is 5.11 Å². The van der Waals surface area contributed by atoms with Gasteiger partial charge in [-0.25, -0.2) is 0 Å². The van der Waals surface area contributed by atoms with Gasteiger partial charge in [-0.15, -0.1) is 11.3 Å². The molecule has 0 aliphatic carbocycles. The van der Waals surface area contributed by atoms with Crippen LogP contribution in [0, 0.1) is 3.95 Å². The van der Waals surface area contributed by atoms with Gasteiger partial charge in [0.1, 0.15) is 0 Å². The van der Waals surface area contributed by atoms with Gasteiger partial charge in [-0.3, -0.25) is 5.43 Å². The number of para-hydroxylation sites is 1. The zero-order valence-electron chi connectivity index (χ0n) is 9.42. The van der Waals surface area contributed by atoms with Crippen LogP contribution in [0.1, 0.15) is 0 Å². The molecule has 0 fully saturated rings. The summed E-state index contributed by atoms with van der Waals surface area (Å²) in [6, 6.07) is 8.16. The molecule has 4 nitrogen and oxygen atoms in total. The molecule has 0 spiro atoms. The number of hydrogen-bond donors (Lipinski definition) is 3. The number of nitrogens with two attached hydrogens (primary N) is 1. The Balaban J connectivity index is 2.10.